The summed E-state index contributed by atoms with van der Waals surface area (Å²) in [6.45, 7) is 4.73. The molecule has 1 N–H and O–H groups in total. The first-order chi connectivity index (χ1) is 14.0. The fourth-order valence-corrected chi connectivity index (χ4v) is 4.07. The van der Waals surface area contributed by atoms with E-state index in [9.17, 15) is 14.4 Å². The van der Waals surface area contributed by atoms with E-state index in [-0.39, 0.29) is 17.4 Å². The molecule has 1 unspecified atom stereocenters. The molecule has 0 spiro atoms. The summed E-state index contributed by atoms with van der Waals surface area (Å²) in [7, 11) is 0. The Balaban J connectivity index is 1.30. The minimum absolute atomic E-state index is 0.0812. The molecule has 0 aliphatic carbocycles. The summed E-state index contributed by atoms with van der Waals surface area (Å²) < 4.78 is 6.43. The molecular weight excluding hydrogens is 394 g/mol. The minimum Gasteiger partial charge on any atom is -0.472 e. The van der Waals surface area contributed by atoms with E-state index in [1.807, 2.05) is 5.38 Å². The number of hydrogen-bond acceptors (Lipinski definition) is 7. The van der Waals surface area contributed by atoms with Gasteiger partial charge in [0.05, 0.1) is 17.5 Å². The Morgan fingerprint density at radius 2 is 2.10 bits per heavy atom. The van der Waals surface area contributed by atoms with Gasteiger partial charge >= 0.3 is 0 Å². The Labute approximate surface area is 170 Å². The molecular formula is C19H21N5O4S. The van der Waals surface area contributed by atoms with Crippen LogP contribution in [-0.2, 0) is 11.3 Å². The largest absolute Gasteiger partial charge is 0.472 e. The number of hydrogen-bond donors (Lipinski definition) is 1. The van der Waals surface area contributed by atoms with Crippen LogP contribution < -0.4 is 10.9 Å². The van der Waals surface area contributed by atoms with E-state index in [1.165, 1.54) is 28.3 Å². The zero-order valence-corrected chi connectivity index (χ0v) is 16.7. The molecule has 0 saturated carbocycles. The van der Waals surface area contributed by atoms with Crippen LogP contribution in [0.2, 0.25) is 0 Å². The Kier molecular flexibility index (Phi) is 5.45. The molecule has 9 nitrogen and oxygen atoms in total. The topological polar surface area (TPSA) is 100 Å². The van der Waals surface area contributed by atoms with E-state index in [1.54, 1.807) is 30.2 Å². The highest BCUT2D eigenvalue weighted by atomic mass is 32.1. The second-order valence-corrected chi connectivity index (χ2v) is 7.82. The van der Waals surface area contributed by atoms with E-state index in [0.717, 1.165) is 5.69 Å². The molecule has 10 heteroatoms. The van der Waals surface area contributed by atoms with Crippen LogP contribution in [0.25, 0.3) is 4.96 Å². The van der Waals surface area contributed by atoms with Crippen molar-refractivity contribution in [1.29, 1.82) is 0 Å². The molecule has 3 aromatic heterocycles. The van der Waals surface area contributed by atoms with Crippen LogP contribution in [-0.4, -0.2) is 63.2 Å². The maximum absolute atomic E-state index is 12.6. The van der Waals surface area contributed by atoms with Gasteiger partial charge < -0.3 is 14.6 Å². The average Bonchev–Trinajstić information content (AvgIpc) is 3.40. The van der Waals surface area contributed by atoms with Crippen molar-refractivity contribution >= 4 is 28.1 Å². The number of thiazole rings is 1. The quantitative estimate of drug-likeness (QED) is 0.662. The van der Waals surface area contributed by atoms with Gasteiger partial charge in [0.25, 0.3) is 11.5 Å². The number of fused-ring (bicyclic) bond motifs is 1. The third kappa shape index (κ3) is 4.22. The van der Waals surface area contributed by atoms with E-state index in [0.29, 0.717) is 43.2 Å². The van der Waals surface area contributed by atoms with Crippen molar-refractivity contribution in [2.75, 3.05) is 26.2 Å². The minimum atomic E-state index is -0.619. The molecule has 1 fully saturated rings. The summed E-state index contributed by atoms with van der Waals surface area (Å²) in [5.74, 6) is -0.447. The molecule has 4 rings (SSSR count). The van der Waals surface area contributed by atoms with Crippen molar-refractivity contribution < 1.29 is 14.0 Å². The average molecular weight is 415 g/mol. The maximum Gasteiger partial charge on any atom is 0.258 e. The molecule has 1 saturated heterocycles. The second kappa shape index (κ2) is 8.18. The highest BCUT2D eigenvalue weighted by Gasteiger charge is 2.26. The van der Waals surface area contributed by atoms with Gasteiger partial charge in [-0.3, -0.25) is 23.7 Å². The second-order valence-electron chi connectivity index (χ2n) is 6.95. The van der Waals surface area contributed by atoms with E-state index in [2.05, 4.69) is 15.2 Å². The number of piperazine rings is 1. The molecule has 2 amide bonds. The molecule has 0 bridgehead atoms. The third-order valence-electron chi connectivity index (χ3n) is 4.93. The van der Waals surface area contributed by atoms with Gasteiger partial charge in [0.2, 0.25) is 5.91 Å². The van der Waals surface area contributed by atoms with Crippen molar-refractivity contribution in [2.45, 2.75) is 19.5 Å². The van der Waals surface area contributed by atoms with Gasteiger partial charge in [-0.05, 0) is 13.0 Å². The SMILES string of the molecule is CC(NC(=O)c1ccoc1)C(=O)N1CCN(Cc2cc(=O)n3ccsc3n2)CC1. The van der Waals surface area contributed by atoms with Crippen molar-refractivity contribution in [1.82, 2.24) is 24.5 Å². The lowest BCUT2D eigenvalue weighted by molar-refractivity contribution is -0.134. The lowest BCUT2D eigenvalue weighted by atomic mass is 10.2. The molecule has 1 aliphatic heterocycles. The number of carbonyl (C=O) groups excluding carboxylic acids is 2. The Morgan fingerprint density at radius 1 is 1.31 bits per heavy atom. The standard InChI is InChI=1S/C19H21N5O4S/c1-13(20-17(26)14-2-8-28-12-14)18(27)23-5-3-22(4-6-23)11-15-10-16(25)24-7-9-29-19(24)21-15/h2,7-10,12-13H,3-6,11H2,1H3,(H,20,26). The number of rotatable bonds is 5. The van der Waals surface area contributed by atoms with Crippen LogP contribution in [0, 0.1) is 0 Å². The number of nitrogens with one attached hydrogen (secondary N) is 1. The summed E-state index contributed by atoms with van der Waals surface area (Å²) in [6, 6.07) is 2.50. The lowest BCUT2D eigenvalue weighted by Gasteiger charge is -2.35. The first kappa shape index (κ1) is 19.3. The summed E-state index contributed by atoms with van der Waals surface area (Å²) >= 11 is 1.43. The Hall–Kier alpha value is -2.98. The molecule has 152 valence electrons. The van der Waals surface area contributed by atoms with Crippen LogP contribution in [0.4, 0.5) is 0 Å². The van der Waals surface area contributed by atoms with Crippen LogP contribution in [0.15, 0.2) is 45.4 Å². The van der Waals surface area contributed by atoms with Gasteiger partial charge in [0.1, 0.15) is 12.3 Å². The smallest absolute Gasteiger partial charge is 0.258 e. The van der Waals surface area contributed by atoms with Gasteiger partial charge in [-0.25, -0.2) is 4.98 Å². The molecule has 3 aromatic rings. The van der Waals surface area contributed by atoms with E-state index < -0.39 is 6.04 Å². The predicted octanol–water partition coefficient (Wildman–Crippen LogP) is 0.812. The molecule has 1 atom stereocenters. The number of amides is 2. The first-order valence-electron chi connectivity index (χ1n) is 9.31. The molecule has 0 aromatic carbocycles. The summed E-state index contributed by atoms with van der Waals surface area (Å²) in [5.41, 5.74) is 1.04. The van der Waals surface area contributed by atoms with E-state index in [4.69, 9.17) is 4.42 Å². The summed E-state index contributed by atoms with van der Waals surface area (Å²) in [6.07, 6.45) is 4.48. The van der Waals surface area contributed by atoms with Gasteiger partial charge in [-0.15, -0.1) is 11.3 Å². The normalized spacial score (nSPS) is 16.1. The fourth-order valence-electron chi connectivity index (χ4n) is 3.33. The first-order valence-corrected chi connectivity index (χ1v) is 10.2. The maximum atomic E-state index is 12.6. The van der Waals surface area contributed by atoms with Crippen molar-refractivity contribution in [2.24, 2.45) is 0 Å². The molecule has 1 aliphatic rings. The van der Waals surface area contributed by atoms with Gasteiger partial charge in [-0.2, -0.15) is 0 Å². The highest BCUT2D eigenvalue weighted by Crippen LogP contribution is 2.11. The van der Waals surface area contributed by atoms with Gasteiger partial charge in [0, 0.05) is 50.4 Å². The van der Waals surface area contributed by atoms with Crippen molar-refractivity contribution in [3.63, 3.8) is 0 Å². The number of furan rings is 1. The summed E-state index contributed by atoms with van der Waals surface area (Å²) in [4.78, 5) is 46.0. The van der Waals surface area contributed by atoms with Crippen molar-refractivity contribution in [3.8, 4) is 0 Å². The number of carbonyl (C=O) groups is 2. The van der Waals surface area contributed by atoms with E-state index >= 15 is 0 Å². The molecule has 0 radical (unpaired) electrons. The molecule has 29 heavy (non-hydrogen) atoms. The Bertz CT molecular complexity index is 1070. The predicted molar refractivity (Wildman–Crippen MR) is 107 cm³/mol. The van der Waals surface area contributed by atoms with Crippen LogP contribution in [0.1, 0.15) is 23.0 Å². The monoisotopic (exact) mass is 415 g/mol. The zero-order chi connectivity index (χ0) is 20.4. The number of nitrogens with zero attached hydrogens (tertiary/aromatic N) is 4. The van der Waals surface area contributed by atoms with Gasteiger partial charge in [0.15, 0.2) is 4.96 Å². The number of aromatic nitrogens is 2. The zero-order valence-electron chi connectivity index (χ0n) is 15.9. The Morgan fingerprint density at radius 3 is 2.83 bits per heavy atom. The van der Waals surface area contributed by atoms with Crippen LogP contribution in [0.5, 0.6) is 0 Å². The summed E-state index contributed by atoms with van der Waals surface area (Å²) in [5, 5.41) is 4.54. The third-order valence-corrected chi connectivity index (χ3v) is 5.68. The molecule has 4 heterocycles. The van der Waals surface area contributed by atoms with Crippen LogP contribution >= 0.6 is 11.3 Å². The lowest BCUT2D eigenvalue weighted by Crippen LogP contribution is -2.54. The van der Waals surface area contributed by atoms with Gasteiger partial charge in [-0.1, -0.05) is 0 Å². The van der Waals surface area contributed by atoms with Crippen molar-refractivity contribution in [3.05, 3.63) is 57.8 Å². The van der Waals surface area contributed by atoms with Crippen LogP contribution in [0.3, 0.4) is 0 Å². The fraction of sp³-hybridized carbons (Fsp3) is 0.368. The highest BCUT2D eigenvalue weighted by molar-refractivity contribution is 7.15.